The van der Waals surface area contributed by atoms with Gasteiger partial charge in [-0.25, -0.2) is 8.42 Å². The summed E-state index contributed by atoms with van der Waals surface area (Å²) in [6, 6.07) is 16.8. The highest BCUT2D eigenvalue weighted by Crippen LogP contribution is 2.33. The van der Waals surface area contributed by atoms with Gasteiger partial charge in [0.05, 0.1) is 40.9 Å². The molecule has 4 rings (SSSR count). The molecule has 0 fully saturated rings. The summed E-state index contributed by atoms with van der Waals surface area (Å²) in [6.45, 7) is 2.23. The van der Waals surface area contributed by atoms with Crippen molar-refractivity contribution in [3.8, 4) is 11.5 Å². The van der Waals surface area contributed by atoms with Gasteiger partial charge in [0.15, 0.2) is 21.3 Å². The number of hydrogen-bond acceptors (Lipinski definition) is 6. The van der Waals surface area contributed by atoms with E-state index in [1.165, 1.54) is 18.2 Å². The molecule has 0 aliphatic carbocycles. The average Bonchev–Trinajstić information content (AvgIpc) is 3.22. The number of methoxy groups -OCH3 is 2. The lowest BCUT2D eigenvalue weighted by atomic mass is 10.1. The van der Waals surface area contributed by atoms with E-state index >= 15 is 0 Å². The molecule has 1 heterocycles. The molecular weight excluding hydrogens is 456 g/mol. The van der Waals surface area contributed by atoms with Crippen LogP contribution in [-0.2, 0) is 22.1 Å². The van der Waals surface area contributed by atoms with E-state index in [1.807, 2.05) is 29.7 Å². The Labute approximate surface area is 197 Å². The van der Waals surface area contributed by atoms with Crippen LogP contribution in [0.2, 0.25) is 0 Å². The van der Waals surface area contributed by atoms with Crippen molar-refractivity contribution in [3.05, 3.63) is 93.7 Å². The third-order valence-corrected chi connectivity index (χ3v) is 7.38. The largest absolute Gasteiger partial charge is 0.493 e. The second-order valence-corrected chi connectivity index (χ2v) is 9.95. The minimum atomic E-state index is -3.82. The van der Waals surface area contributed by atoms with Gasteiger partial charge < -0.3 is 14.0 Å². The number of aryl methyl sites for hydroxylation is 1. The molecule has 0 aliphatic rings. The van der Waals surface area contributed by atoms with Crippen molar-refractivity contribution in [3.63, 3.8) is 0 Å². The molecule has 0 atom stereocenters. The summed E-state index contributed by atoms with van der Waals surface area (Å²) in [5, 5.41) is 12.6. The predicted molar refractivity (Wildman–Crippen MR) is 129 cm³/mol. The summed E-state index contributed by atoms with van der Waals surface area (Å²) >= 11 is 0. The number of benzene rings is 3. The SMILES string of the molecule is COc1ccc(Cn2ccc3ccc([N+](=O)[O-])c(CS(=O)(=O)c4ccc(C)cc4)c32)cc1OC. The summed E-state index contributed by atoms with van der Waals surface area (Å²) in [5.74, 6) is 0.661. The highest BCUT2D eigenvalue weighted by atomic mass is 32.2. The number of sulfone groups is 1. The number of fused-ring (bicyclic) bond motifs is 1. The van der Waals surface area contributed by atoms with Gasteiger partial charge in [-0.05, 0) is 48.9 Å². The number of nitrogens with zero attached hydrogens (tertiary/aromatic N) is 2. The van der Waals surface area contributed by atoms with E-state index in [9.17, 15) is 18.5 Å². The second-order valence-electron chi connectivity index (χ2n) is 7.96. The summed E-state index contributed by atoms with van der Waals surface area (Å²) in [4.78, 5) is 11.4. The number of nitro benzene ring substituents is 1. The lowest BCUT2D eigenvalue weighted by molar-refractivity contribution is -0.385. The lowest BCUT2D eigenvalue weighted by Crippen LogP contribution is -2.10. The van der Waals surface area contributed by atoms with Gasteiger partial charge in [0, 0.05) is 24.2 Å². The fraction of sp³-hybridized carbons (Fsp3) is 0.200. The minimum Gasteiger partial charge on any atom is -0.493 e. The van der Waals surface area contributed by atoms with E-state index < -0.39 is 20.5 Å². The Morgan fingerprint density at radius 1 is 0.941 bits per heavy atom. The number of ether oxygens (including phenoxy) is 2. The van der Waals surface area contributed by atoms with Crippen molar-refractivity contribution in [2.75, 3.05) is 14.2 Å². The van der Waals surface area contributed by atoms with Crippen LogP contribution in [0.1, 0.15) is 16.7 Å². The first-order chi connectivity index (χ1) is 16.2. The van der Waals surface area contributed by atoms with Crippen LogP contribution in [0.4, 0.5) is 5.69 Å². The Hall–Kier alpha value is -3.85. The van der Waals surface area contributed by atoms with Gasteiger partial charge in [0.2, 0.25) is 0 Å². The molecule has 0 saturated carbocycles. The topological polar surface area (TPSA) is 101 Å². The van der Waals surface area contributed by atoms with E-state index in [0.717, 1.165) is 16.5 Å². The second kappa shape index (κ2) is 9.18. The van der Waals surface area contributed by atoms with Crippen molar-refractivity contribution in [1.82, 2.24) is 4.57 Å². The molecular formula is C25H24N2O6S. The van der Waals surface area contributed by atoms with Crippen LogP contribution in [0.15, 0.2) is 71.8 Å². The Kier molecular flexibility index (Phi) is 6.30. The van der Waals surface area contributed by atoms with Gasteiger partial charge in [-0.15, -0.1) is 0 Å². The first-order valence-electron chi connectivity index (χ1n) is 10.5. The number of nitro groups is 1. The average molecular weight is 481 g/mol. The molecule has 9 heteroatoms. The summed E-state index contributed by atoms with van der Waals surface area (Å²) in [6.07, 6.45) is 1.80. The maximum absolute atomic E-state index is 13.2. The Morgan fingerprint density at radius 2 is 1.65 bits per heavy atom. The van der Waals surface area contributed by atoms with Crippen molar-refractivity contribution >= 4 is 26.4 Å². The standard InChI is InChI=1S/C25H24N2O6S/c1-17-4-8-20(9-5-17)34(30,31)16-21-22(27(28)29)10-7-19-12-13-26(25(19)21)15-18-6-11-23(32-2)24(14-18)33-3/h4-14H,15-16H2,1-3H3. The molecule has 176 valence electrons. The quantitative estimate of drug-likeness (QED) is 0.263. The van der Waals surface area contributed by atoms with Gasteiger partial charge in [0.25, 0.3) is 5.69 Å². The molecule has 0 N–H and O–H groups in total. The van der Waals surface area contributed by atoms with Crippen LogP contribution >= 0.6 is 0 Å². The minimum absolute atomic E-state index is 0.127. The number of rotatable bonds is 8. The lowest BCUT2D eigenvalue weighted by Gasteiger charge is -2.13. The first kappa shape index (κ1) is 23.3. The maximum Gasteiger partial charge on any atom is 0.275 e. The Balaban J connectivity index is 1.83. The van der Waals surface area contributed by atoms with Crippen molar-refractivity contribution in [2.24, 2.45) is 0 Å². The molecule has 34 heavy (non-hydrogen) atoms. The van der Waals surface area contributed by atoms with E-state index in [0.29, 0.717) is 23.6 Å². The highest BCUT2D eigenvalue weighted by molar-refractivity contribution is 7.90. The van der Waals surface area contributed by atoms with Crippen LogP contribution in [0, 0.1) is 17.0 Å². The van der Waals surface area contributed by atoms with Crippen molar-refractivity contribution in [1.29, 1.82) is 0 Å². The third-order valence-electron chi connectivity index (χ3n) is 5.72. The molecule has 0 aliphatic heterocycles. The molecule has 4 aromatic rings. The molecule has 0 amide bonds. The van der Waals surface area contributed by atoms with E-state index in [4.69, 9.17) is 9.47 Å². The summed E-state index contributed by atoms with van der Waals surface area (Å²) in [7, 11) is -0.721. The monoisotopic (exact) mass is 480 g/mol. The predicted octanol–water partition coefficient (Wildman–Crippen LogP) is 4.90. The zero-order valence-electron chi connectivity index (χ0n) is 19.0. The van der Waals surface area contributed by atoms with Crippen molar-refractivity contribution in [2.45, 2.75) is 24.1 Å². The van der Waals surface area contributed by atoms with Crippen LogP contribution < -0.4 is 9.47 Å². The van der Waals surface area contributed by atoms with Gasteiger partial charge in [-0.2, -0.15) is 0 Å². The third kappa shape index (κ3) is 4.47. The summed E-state index contributed by atoms with van der Waals surface area (Å²) in [5.41, 5.74) is 2.24. The van der Waals surface area contributed by atoms with Crippen LogP contribution in [0.25, 0.3) is 10.9 Å². The smallest absolute Gasteiger partial charge is 0.275 e. The fourth-order valence-electron chi connectivity index (χ4n) is 4.00. The van der Waals surface area contributed by atoms with E-state index in [2.05, 4.69) is 0 Å². The molecule has 1 aromatic heterocycles. The Bertz CT molecular complexity index is 1470. The fourth-order valence-corrected chi connectivity index (χ4v) is 5.38. The summed E-state index contributed by atoms with van der Waals surface area (Å²) < 4.78 is 38.9. The zero-order valence-corrected chi connectivity index (χ0v) is 19.8. The van der Waals surface area contributed by atoms with Gasteiger partial charge in [0.1, 0.15) is 0 Å². The molecule has 0 unspecified atom stereocenters. The molecule has 0 saturated heterocycles. The molecule has 0 spiro atoms. The molecule has 3 aromatic carbocycles. The number of aromatic nitrogens is 1. The normalized spacial score (nSPS) is 11.5. The zero-order chi connectivity index (χ0) is 24.5. The molecule has 0 radical (unpaired) electrons. The van der Waals surface area contributed by atoms with Crippen LogP contribution in [-0.4, -0.2) is 32.1 Å². The highest BCUT2D eigenvalue weighted by Gasteiger charge is 2.26. The molecule has 0 bridgehead atoms. The maximum atomic E-state index is 13.2. The number of hydrogen-bond donors (Lipinski definition) is 0. The van der Waals surface area contributed by atoms with E-state index in [-0.39, 0.29) is 16.1 Å². The van der Waals surface area contributed by atoms with Crippen LogP contribution in [0.3, 0.4) is 0 Å². The first-order valence-corrected chi connectivity index (χ1v) is 12.1. The van der Waals surface area contributed by atoms with Crippen molar-refractivity contribution < 1.29 is 22.8 Å². The van der Waals surface area contributed by atoms with Gasteiger partial charge >= 0.3 is 0 Å². The van der Waals surface area contributed by atoms with Gasteiger partial charge in [-0.1, -0.05) is 23.8 Å². The van der Waals surface area contributed by atoms with Crippen LogP contribution in [0.5, 0.6) is 11.5 Å². The Morgan fingerprint density at radius 3 is 2.29 bits per heavy atom. The molecule has 8 nitrogen and oxygen atoms in total. The van der Waals surface area contributed by atoms with Gasteiger partial charge in [-0.3, -0.25) is 10.1 Å². The van der Waals surface area contributed by atoms with E-state index in [1.54, 1.807) is 44.7 Å².